The van der Waals surface area contributed by atoms with E-state index in [2.05, 4.69) is 9.97 Å². The number of hydrogen-bond donors (Lipinski definition) is 0. The van der Waals surface area contributed by atoms with Crippen molar-refractivity contribution in [2.45, 2.75) is 13.8 Å². The summed E-state index contributed by atoms with van der Waals surface area (Å²) in [5.74, 6) is 0.275. The maximum Gasteiger partial charge on any atom is 0.277 e. The smallest absolute Gasteiger partial charge is 0.275 e. The van der Waals surface area contributed by atoms with Crippen LogP contribution in [0.2, 0.25) is 0 Å². The standard InChI is InChI=1S/C23H16N6O4/c1-13-7-14(2)9-16(8-13)27-22(15-10-17(28(30)31)12-18(11-15)29(32)33)26-21-23(27)25-20-6-4-3-5-19(20)24-21/h3-12H,1-2H3. The number of fused-ring (bicyclic) bond motifs is 2. The fraction of sp³-hybridized carbons (Fsp3) is 0.0870. The Kier molecular flexibility index (Phi) is 4.56. The first-order chi connectivity index (χ1) is 15.8. The Morgan fingerprint density at radius 3 is 1.91 bits per heavy atom. The van der Waals surface area contributed by atoms with Crippen LogP contribution in [-0.4, -0.2) is 29.4 Å². The molecule has 2 heterocycles. The molecule has 10 nitrogen and oxygen atoms in total. The van der Waals surface area contributed by atoms with Gasteiger partial charge >= 0.3 is 0 Å². The van der Waals surface area contributed by atoms with E-state index >= 15 is 0 Å². The minimum absolute atomic E-state index is 0.221. The fourth-order valence-electron chi connectivity index (χ4n) is 3.91. The van der Waals surface area contributed by atoms with E-state index in [0.29, 0.717) is 22.3 Å². The van der Waals surface area contributed by atoms with E-state index in [1.54, 1.807) is 4.57 Å². The lowest BCUT2D eigenvalue weighted by molar-refractivity contribution is -0.394. The Bertz CT molecular complexity index is 1560. The zero-order chi connectivity index (χ0) is 23.3. The highest BCUT2D eigenvalue weighted by Crippen LogP contribution is 2.33. The molecule has 3 aromatic carbocycles. The molecule has 0 unspecified atom stereocenters. The van der Waals surface area contributed by atoms with E-state index in [9.17, 15) is 20.2 Å². The minimum Gasteiger partial charge on any atom is -0.275 e. The Balaban J connectivity index is 1.90. The third-order valence-electron chi connectivity index (χ3n) is 5.22. The highest BCUT2D eigenvalue weighted by molar-refractivity contribution is 5.86. The molecule has 0 aliphatic carbocycles. The van der Waals surface area contributed by atoms with E-state index in [-0.39, 0.29) is 11.4 Å². The summed E-state index contributed by atoms with van der Waals surface area (Å²) in [4.78, 5) is 35.6. The van der Waals surface area contributed by atoms with E-state index in [0.717, 1.165) is 22.9 Å². The number of aryl methyl sites for hydroxylation is 2. The summed E-state index contributed by atoms with van der Waals surface area (Å²) in [6.07, 6.45) is 0. The van der Waals surface area contributed by atoms with Gasteiger partial charge in [0.25, 0.3) is 11.4 Å². The molecule has 10 heteroatoms. The number of benzene rings is 3. The first-order valence-corrected chi connectivity index (χ1v) is 9.98. The van der Waals surface area contributed by atoms with Crippen LogP contribution in [0.1, 0.15) is 11.1 Å². The topological polar surface area (TPSA) is 130 Å². The monoisotopic (exact) mass is 440 g/mol. The molecule has 0 atom stereocenters. The molecule has 0 spiro atoms. The third-order valence-corrected chi connectivity index (χ3v) is 5.22. The summed E-state index contributed by atoms with van der Waals surface area (Å²) in [5.41, 5.74) is 4.23. The van der Waals surface area contributed by atoms with Gasteiger partial charge in [0.15, 0.2) is 11.3 Å². The Morgan fingerprint density at radius 2 is 1.33 bits per heavy atom. The maximum atomic E-state index is 11.5. The van der Waals surface area contributed by atoms with Crippen LogP contribution in [-0.2, 0) is 0 Å². The number of rotatable bonds is 4. The van der Waals surface area contributed by atoms with Gasteiger partial charge in [-0.15, -0.1) is 0 Å². The first kappa shape index (κ1) is 20.2. The van der Waals surface area contributed by atoms with E-state index < -0.39 is 21.2 Å². The number of imidazole rings is 1. The molecular weight excluding hydrogens is 424 g/mol. The zero-order valence-corrected chi connectivity index (χ0v) is 17.6. The quantitative estimate of drug-likeness (QED) is 0.282. The molecule has 0 amide bonds. The molecule has 0 N–H and O–H groups in total. The van der Waals surface area contributed by atoms with E-state index in [1.807, 2.05) is 56.3 Å². The maximum absolute atomic E-state index is 11.5. The van der Waals surface area contributed by atoms with Gasteiger partial charge in [0.05, 0.1) is 26.9 Å². The van der Waals surface area contributed by atoms with Crippen LogP contribution in [0, 0.1) is 34.1 Å². The molecule has 33 heavy (non-hydrogen) atoms. The molecule has 0 radical (unpaired) electrons. The average Bonchev–Trinajstić information content (AvgIpc) is 3.14. The molecule has 2 aromatic heterocycles. The largest absolute Gasteiger partial charge is 0.277 e. The Hall–Kier alpha value is -4.73. The van der Waals surface area contributed by atoms with Gasteiger partial charge in [-0.2, -0.15) is 0 Å². The molecule has 5 aromatic rings. The van der Waals surface area contributed by atoms with Gasteiger partial charge in [0.2, 0.25) is 0 Å². The Morgan fingerprint density at radius 1 is 0.758 bits per heavy atom. The van der Waals surface area contributed by atoms with Gasteiger partial charge in [0, 0.05) is 23.4 Å². The Labute approximate surface area is 186 Å². The van der Waals surface area contributed by atoms with Crippen molar-refractivity contribution in [2.24, 2.45) is 0 Å². The summed E-state index contributed by atoms with van der Waals surface area (Å²) in [6.45, 7) is 3.91. The molecule has 0 saturated heterocycles. The molecule has 5 rings (SSSR count). The van der Waals surface area contributed by atoms with Gasteiger partial charge in [-0.1, -0.05) is 18.2 Å². The van der Waals surface area contributed by atoms with Gasteiger partial charge in [0.1, 0.15) is 5.82 Å². The van der Waals surface area contributed by atoms with Crippen molar-refractivity contribution in [2.75, 3.05) is 0 Å². The second-order valence-corrected chi connectivity index (χ2v) is 7.73. The SMILES string of the molecule is Cc1cc(C)cc(-n2c(-c3cc([N+](=O)[O-])cc([N+](=O)[O-])c3)nc3nc4ccccc4nc32)c1. The van der Waals surface area contributed by atoms with Crippen LogP contribution in [0.3, 0.4) is 0 Å². The average molecular weight is 440 g/mol. The number of aromatic nitrogens is 4. The van der Waals surface area contributed by atoms with Crippen molar-refractivity contribution in [1.29, 1.82) is 0 Å². The number of hydrogen-bond acceptors (Lipinski definition) is 7. The van der Waals surface area contributed by atoms with Gasteiger partial charge < -0.3 is 0 Å². The summed E-state index contributed by atoms with van der Waals surface area (Å²) in [7, 11) is 0. The van der Waals surface area contributed by atoms with Crippen LogP contribution in [0.5, 0.6) is 0 Å². The van der Waals surface area contributed by atoms with Crippen LogP contribution in [0.15, 0.2) is 60.7 Å². The second-order valence-electron chi connectivity index (χ2n) is 7.73. The lowest BCUT2D eigenvalue weighted by atomic mass is 10.1. The van der Waals surface area contributed by atoms with Crippen LogP contribution in [0.4, 0.5) is 11.4 Å². The highest BCUT2D eigenvalue weighted by atomic mass is 16.6. The molecular formula is C23H16N6O4. The molecule has 0 bridgehead atoms. The third kappa shape index (κ3) is 3.53. The predicted octanol–water partition coefficient (Wildman–Crippen LogP) is 5.07. The molecule has 0 aliphatic heterocycles. The van der Waals surface area contributed by atoms with E-state index in [4.69, 9.17) is 4.98 Å². The van der Waals surface area contributed by atoms with Crippen molar-refractivity contribution >= 4 is 33.7 Å². The van der Waals surface area contributed by atoms with Gasteiger partial charge in [-0.05, 0) is 49.2 Å². The molecule has 0 saturated carbocycles. The predicted molar refractivity (Wildman–Crippen MR) is 122 cm³/mol. The molecule has 0 fully saturated rings. The lowest BCUT2D eigenvalue weighted by Gasteiger charge is -2.11. The summed E-state index contributed by atoms with van der Waals surface area (Å²) in [5, 5.41) is 22.9. The van der Waals surface area contributed by atoms with Crippen molar-refractivity contribution in [1.82, 2.24) is 19.5 Å². The summed E-state index contributed by atoms with van der Waals surface area (Å²) < 4.78 is 1.73. The second kappa shape index (κ2) is 7.45. The minimum atomic E-state index is -0.662. The van der Waals surface area contributed by atoms with Crippen molar-refractivity contribution in [3.05, 3.63) is 92.0 Å². The number of nitro benzene ring substituents is 2. The molecule has 162 valence electrons. The summed E-state index contributed by atoms with van der Waals surface area (Å²) >= 11 is 0. The first-order valence-electron chi connectivity index (χ1n) is 9.98. The van der Waals surface area contributed by atoms with Crippen LogP contribution < -0.4 is 0 Å². The summed E-state index contributed by atoms with van der Waals surface area (Å²) in [6, 6.07) is 16.7. The molecule has 0 aliphatic rings. The van der Waals surface area contributed by atoms with Crippen molar-refractivity contribution < 1.29 is 9.85 Å². The highest BCUT2D eigenvalue weighted by Gasteiger charge is 2.23. The van der Waals surface area contributed by atoms with Crippen molar-refractivity contribution in [3.63, 3.8) is 0 Å². The zero-order valence-electron chi connectivity index (χ0n) is 17.6. The van der Waals surface area contributed by atoms with Crippen LogP contribution in [0.25, 0.3) is 39.4 Å². The number of non-ortho nitro benzene ring substituents is 2. The van der Waals surface area contributed by atoms with Gasteiger partial charge in [-0.25, -0.2) is 15.0 Å². The number of nitro groups is 2. The number of nitrogens with zero attached hydrogens (tertiary/aromatic N) is 6. The lowest BCUT2D eigenvalue weighted by Crippen LogP contribution is -2.01. The van der Waals surface area contributed by atoms with Gasteiger partial charge in [-0.3, -0.25) is 24.8 Å². The van der Waals surface area contributed by atoms with Crippen molar-refractivity contribution in [3.8, 4) is 17.1 Å². The van der Waals surface area contributed by atoms with Crippen LogP contribution >= 0.6 is 0 Å². The van der Waals surface area contributed by atoms with E-state index in [1.165, 1.54) is 12.1 Å². The number of para-hydroxylation sites is 2. The fourth-order valence-corrected chi connectivity index (χ4v) is 3.91. The normalized spacial score (nSPS) is 11.2.